The average molecular weight is 310 g/mol. The SMILES string of the molecule is c1ccc([Si]2(CCCSCC3CO3)OCCCO2)cc1. The summed E-state index contributed by atoms with van der Waals surface area (Å²) < 4.78 is 17.6. The standard InChI is InChI=1S/C15H22O3SSi/c1-2-6-15(7-3-1)20(17-8-4-9-18-20)11-5-10-19-13-14-12-16-14/h1-3,6-7,14H,4-5,8-13H2. The lowest BCUT2D eigenvalue weighted by Gasteiger charge is -2.34. The Morgan fingerprint density at radius 1 is 1.15 bits per heavy atom. The molecule has 2 aliphatic heterocycles. The van der Waals surface area contributed by atoms with E-state index in [0.29, 0.717) is 6.10 Å². The quantitative estimate of drug-likeness (QED) is 0.439. The number of hydrogen-bond acceptors (Lipinski definition) is 4. The summed E-state index contributed by atoms with van der Waals surface area (Å²) >= 11 is 1.99. The zero-order valence-corrected chi connectivity index (χ0v) is 13.6. The lowest BCUT2D eigenvalue weighted by molar-refractivity contribution is 0.119. The molecule has 110 valence electrons. The Morgan fingerprint density at radius 2 is 1.90 bits per heavy atom. The van der Waals surface area contributed by atoms with Gasteiger partial charge in [0.2, 0.25) is 0 Å². The third kappa shape index (κ3) is 3.86. The molecule has 0 aliphatic carbocycles. The van der Waals surface area contributed by atoms with Gasteiger partial charge in [-0.15, -0.1) is 0 Å². The number of rotatable bonds is 7. The molecule has 0 saturated carbocycles. The van der Waals surface area contributed by atoms with Crippen molar-refractivity contribution >= 4 is 25.5 Å². The second kappa shape index (κ2) is 7.09. The molecule has 0 aromatic heterocycles. The van der Waals surface area contributed by atoms with Crippen molar-refractivity contribution in [1.29, 1.82) is 0 Å². The van der Waals surface area contributed by atoms with Gasteiger partial charge in [-0.1, -0.05) is 30.3 Å². The summed E-state index contributed by atoms with van der Waals surface area (Å²) in [7, 11) is -2.16. The number of thioether (sulfide) groups is 1. The first-order valence-corrected chi connectivity index (χ1v) is 10.6. The van der Waals surface area contributed by atoms with E-state index in [1.807, 2.05) is 11.8 Å². The van der Waals surface area contributed by atoms with Crippen LogP contribution >= 0.6 is 11.8 Å². The van der Waals surface area contributed by atoms with Crippen LogP contribution in [-0.2, 0) is 13.6 Å². The molecular weight excluding hydrogens is 288 g/mol. The van der Waals surface area contributed by atoms with Crippen molar-refractivity contribution in [2.45, 2.75) is 25.0 Å². The van der Waals surface area contributed by atoms with Gasteiger partial charge < -0.3 is 13.6 Å². The third-order valence-corrected chi connectivity index (χ3v) is 8.42. The number of hydrogen-bond donors (Lipinski definition) is 0. The van der Waals surface area contributed by atoms with Crippen LogP contribution in [0.1, 0.15) is 12.8 Å². The number of ether oxygens (including phenoxy) is 1. The molecule has 0 spiro atoms. The van der Waals surface area contributed by atoms with Crippen molar-refractivity contribution in [3.63, 3.8) is 0 Å². The molecule has 5 heteroatoms. The normalized spacial score (nSPS) is 24.5. The van der Waals surface area contributed by atoms with E-state index in [1.54, 1.807) is 0 Å². The smallest absolute Gasteiger partial charge is 0.372 e. The topological polar surface area (TPSA) is 31.0 Å². The van der Waals surface area contributed by atoms with Gasteiger partial charge >= 0.3 is 8.56 Å². The van der Waals surface area contributed by atoms with E-state index in [9.17, 15) is 0 Å². The largest absolute Gasteiger partial charge is 0.391 e. The molecule has 3 rings (SSSR count). The average Bonchev–Trinajstić information content (AvgIpc) is 3.33. The highest BCUT2D eigenvalue weighted by Gasteiger charge is 2.41. The predicted molar refractivity (Wildman–Crippen MR) is 84.8 cm³/mol. The molecule has 2 aliphatic rings. The van der Waals surface area contributed by atoms with Crippen LogP contribution in [0.3, 0.4) is 0 Å². The van der Waals surface area contributed by atoms with E-state index < -0.39 is 8.56 Å². The maximum absolute atomic E-state index is 6.17. The van der Waals surface area contributed by atoms with Crippen LogP contribution in [0.5, 0.6) is 0 Å². The second-order valence-corrected chi connectivity index (χ2v) is 9.61. The van der Waals surface area contributed by atoms with Gasteiger partial charge in [-0.3, -0.25) is 0 Å². The Balaban J connectivity index is 1.54. The second-order valence-electron chi connectivity index (χ2n) is 5.30. The third-order valence-electron chi connectivity index (χ3n) is 3.67. The number of benzene rings is 1. The minimum atomic E-state index is -2.16. The molecule has 0 bridgehead atoms. The van der Waals surface area contributed by atoms with Crippen molar-refractivity contribution in [2.24, 2.45) is 0 Å². The van der Waals surface area contributed by atoms with Gasteiger partial charge in [0, 0.05) is 19.0 Å². The van der Waals surface area contributed by atoms with Gasteiger partial charge in [0.1, 0.15) is 0 Å². The summed E-state index contributed by atoms with van der Waals surface area (Å²) in [6.07, 6.45) is 2.72. The summed E-state index contributed by atoms with van der Waals surface area (Å²) in [6, 6.07) is 11.6. The Bertz CT molecular complexity index is 405. The first-order valence-electron chi connectivity index (χ1n) is 7.42. The van der Waals surface area contributed by atoms with Gasteiger partial charge in [-0.2, -0.15) is 11.8 Å². The molecule has 0 amide bonds. The van der Waals surface area contributed by atoms with E-state index in [1.165, 1.54) is 17.4 Å². The highest BCUT2D eigenvalue weighted by Crippen LogP contribution is 2.23. The minimum Gasteiger partial charge on any atom is -0.391 e. The van der Waals surface area contributed by atoms with E-state index in [4.69, 9.17) is 13.6 Å². The fourth-order valence-corrected chi connectivity index (χ4v) is 7.02. The van der Waals surface area contributed by atoms with E-state index in [2.05, 4.69) is 30.3 Å². The van der Waals surface area contributed by atoms with Crippen LogP contribution in [-0.4, -0.2) is 46.0 Å². The van der Waals surface area contributed by atoms with E-state index in [0.717, 1.165) is 38.0 Å². The van der Waals surface area contributed by atoms with Crippen LogP contribution in [0.2, 0.25) is 6.04 Å². The molecule has 0 N–H and O–H groups in total. The fraction of sp³-hybridized carbons (Fsp3) is 0.600. The monoisotopic (exact) mass is 310 g/mol. The van der Waals surface area contributed by atoms with Gasteiger partial charge in [0.15, 0.2) is 0 Å². The van der Waals surface area contributed by atoms with Gasteiger partial charge in [0.25, 0.3) is 0 Å². The van der Waals surface area contributed by atoms with Crippen LogP contribution in [0.25, 0.3) is 0 Å². The minimum absolute atomic E-state index is 0.530. The summed E-state index contributed by atoms with van der Waals surface area (Å²) in [5.41, 5.74) is 0. The van der Waals surface area contributed by atoms with Crippen molar-refractivity contribution < 1.29 is 13.6 Å². The molecular formula is C15H22O3SSi. The maximum Gasteiger partial charge on any atom is 0.372 e. The lowest BCUT2D eigenvalue weighted by atomic mass is 10.4. The summed E-state index contributed by atoms with van der Waals surface area (Å²) in [6.45, 7) is 2.66. The van der Waals surface area contributed by atoms with Gasteiger partial charge in [-0.05, 0) is 29.8 Å². The first kappa shape index (κ1) is 14.6. The van der Waals surface area contributed by atoms with Gasteiger partial charge in [-0.25, -0.2) is 0 Å². The Kier molecular flexibility index (Phi) is 5.17. The molecule has 2 fully saturated rings. The molecule has 2 saturated heterocycles. The number of epoxide rings is 1. The van der Waals surface area contributed by atoms with Crippen molar-refractivity contribution in [3.8, 4) is 0 Å². The van der Waals surface area contributed by atoms with Crippen LogP contribution in [0.15, 0.2) is 30.3 Å². The molecule has 3 nitrogen and oxygen atoms in total. The van der Waals surface area contributed by atoms with Crippen molar-refractivity contribution in [1.82, 2.24) is 0 Å². The zero-order chi connectivity index (χ0) is 13.7. The molecule has 2 heterocycles. The Morgan fingerprint density at radius 3 is 2.60 bits per heavy atom. The van der Waals surface area contributed by atoms with Crippen LogP contribution in [0, 0.1) is 0 Å². The van der Waals surface area contributed by atoms with Crippen LogP contribution in [0.4, 0.5) is 0 Å². The zero-order valence-electron chi connectivity index (χ0n) is 11.8. The highest BCUT2D eigenvalue weighted by atomic mass is 32.2. The van der Waals surface area contributed by atoms with Crippen molar-refractivity contribution in [3.05, 3.63) is 30.3 Å². The summed E-state index contributed by atoms with van der Waals surface area (Å²) in [5.74, 6) is 2.32. The fourth-order valence-electron chi connectivity index (χ4n) is 2.51. The van der Waals surface area contributed by atoms with Gasteiger partial charge in [0.05, 0.1) is 12.7 Å². The van der Waals surface area contributed by atoms with Crippen molar-refractivity contribution in [2.75, 3.05) is 31.3 Å². The van der Waals surface area contributed by atoms with E-state index in [-0.39, 0.29) is 0 Å². The molecule has 1 unspecified atom stereocenters. The molecule has 1 aromatic carbocycles. The molecule has 0 radical (unpaired) electrons. The Labute approximate surface area is 126 Å². The predicted octanol–water partition coefficient (Wildman–Crippen LogP) is 2.29. The lowest BCUT2D eigenvalue weighted by Crippen LogP contribution is -2.56. The summed E-state index contributed by atoms with van der Waals surface area (Å²) in [4.78, 5) is 0. The highest BCUT2D eigenvalue weighted by molar-refractivity contribution is 7.99. The molecule has 1 atom stereocenters. The molecule has 1 aromatic rings. The maximum atomic E-state index is 6.17. The Hall–Kier alpha value is -0.333. The van der Waals surface area contributed by atoms with E-state index >= 15 is 0 Å². The first-order chi connectivity index (χ1) is 9.89. The van der Waals surface area contributed by atoms with Crippen LogP contribution < -0.4 is 5.19 Å². The molecule has 20 heavy (non-hydrogen) atoms. The summed E-state index contributed by atoms with van der Waals surface area (Å²) in [5, 5.41) is 1.29.